The number of amides is 2. The fraction of sp³-hybridized carbons (Fsp3) is 0.433. The van der Waals surface area contributed by atoms with Gasteiger partial charge in [-0.15, -0.1) is 0 Å². The first-order valence-electron chi connectivity index (χ1n) is 13.6. The van der Waals surface area contributed by atoms with Gasteiger partial charge in [0.25, 0.3) is 0 Å². The molecule has 0 bridgehead atoms. The molecule has 2 N–H and O–H groups in total. The van der Waals surface area contributed by atoms with Crippen LogP contribution in [0.4, 0.5) is 5.69 Å². The van der Waals surface area contributed by atoms with Crippen LogP contribution in [-0.4, -0.2) is 69.1 Å². The summed E-state index contributed by atoms with van der Waals surface area (Å²) in [5.41, 5.74) is 5.70. The van der Waals surface area contributed by atoms with Gasteiger partial charge in [-0.25, -0.2) is 4.98 Å². The van der Waals surface area contributed by atoms with E-state index in [-0.39, 0.29) is 30.4 Å². The Bertz CT molecular complexity index is 1350. The number of benzene rings is 2. The van der Waals surface area contributed by atoms with Crippen LogP contribution in [0.5, 0.6) is 0 Å². The van der Waals surface area contributed by atoms with Gasteiger partial charge in [-0.2, -0.15) is 0 Å². The number of carbonyl (C=O) groups excluding carboxylic acids is 2. The number of hydrogen-bond donors (Lipinski definition) is 2. The van der Waals surface area contributed by atoms with Crippen LogP contribution in [0.15, 0.2) is 55.0 Å². The van der Waals surface area contributed by atoms with E-state index in [1.807, 2.05) is 42.5 Å². The molecule has 0 unspecified atom stereocenters. The molecule has 3 heterocycles. The molecule has 3 aliphatic rings. The van der Waals surface area contributed by atoms with Crippen molar-refractivity contribution in [2.24, 2.45) is 5.92 Å². The zero-order chi connectivity index (χ0) is 26.2. The van der Waals surface area contributed by atoms with Crippen LogP contribution in [0.25, 0.3) is 11.3 Å². The van der Waals surface area contributed by atoms with E-state index in [0.29, 0.717) is 19.5 Å². The van der Waals surface area contributed by atoms with Crippen molar-refractivity contribution in [3.63, 3.8) is 0 Å². The Labute approximate surface area is 223 Å². The average Bonchev–Trinajstić information content (AvgIpc) is 3.24. The molecular weight excluding hydrogens is 478 g/mol. The molecule has 2 fully saturated rings. The highest BCUT2D eigenvalue weighted by Crippen LogP contribution is 2.32. The third-order valence-corrected chi connectivity index (χ3v) is 8.06. The molecule has 198 valence electrons. The largest absolute Gasteiger partial charge is 0.392 e. The van der Waals surface area contributed by atoms with Crippen LogP contribution in [0.1, 0.15) is 42.0 Å². The molecule has 0 spiro atoms. The molecule has 6 rings (SSSR count). The topological polar surface area (TPSA) is 90.7 Å². The van der Waals surface area contributed by atoms with Crippen LogP contribution >= 0.6 is 0 Å². The number of likely N-dealkylation sites (tertiary alicyclic amines) is 1. The van der Waals surface area contributed by atoms with E-state index in [9.17, 15) is 14.7 Å². The monoisotopic (exact) mass is 513 g/mol. The van der Waals surface area contributed by atoms with Crippen molar-refractivity contribution in [3.8, 4) is 11.3 Å². The number of hydrogen-bond acceptors (Lipinski definition) is 5. The molecule has 3 aromatic rings. The van der Waals surface area contributed by atoms with Gasteiger partial charge in [-0.05, 0) is 54.0 Å². The molecule has 2 aliphatic heterocycles. The Balaban J connectivity index is 1.23. The van der Waals surface area contributed by atoms with E-state index in [2.05, 4.69) is 44.2 Å². The van der Waals surface area contributed by atoms with E-state index in [4.69, 9.17) is 0 Å². The van der Waals surface area contributed by atoms with E-state index < -0.39 is 0 Å². The zero-order valence-corrected chi connectivity index (χ0v) is 21.8. The lowest BCUT2D eigenvalue weighted by molar-refractivity contribution is -0.131. The maximum absolute atomic E-state index is 13.6. The van der Waals surface area contributed by atoms with Gasteiger partial charge in [0.05, 0.1) is 37.0 Å². The zero-order valence-electron chi connectivity index (χ0n) is 21.8. The predicted octanol–water partition coefficient (Wildman–Crippen LogP) is 3.26. The van der Waals surface area contributed by atoms with Gasteiger partial charge in [0, 0.05) is 50.7 Å². The molecule has 1 aromatic heterocycles. The van der Waals surface area contributed by atoms with E-state index in [0.717, 1.165) is 59.1 Å². The summed E-state index contributed by atoms with van der Waals surface area (Å²) >= 11 is 0. The molecule has 2 aromatic carbocycles. The number of imidazole rings is 1. The third kappa shape index (κ3) is 5.51. The third-order valence-electron chi connectivity index (χ3n) is 8.06. The van der Waals surface area contributed by atoms with Crippen LogP contribution in [0.3, 0.4) is 0 Å². The minimum Gasteiger partial charge on any atom is -0.392 e. The highest BCUT2D eigenvalue weighted by molar-refractivity contribution is 5.99. The summed E-state index contributed by atoms with van der Waals surface area (Å²) in [5, 5.41) is 13.0. The molecule has 1 saturated heterocycles. The number of likely N-dealkylation sites (N-methyl/N-ethyl adjacent to an activating group) is 1. The molecule has 8 heteroatoms. The number of nitrogens with one attached hydrogen (secondary N) is 1. The Hall–Kier alpha value is -3.49. The highest BCUT2D eigenvalue weighted by Gasteiger charge is 2.29. The molecule has 1 saturated carbocycles. The van der Waals surface area contributed by atoms with Crippen LogP contribution in [0.2, 0.25) is 0 Å². The van der Waals surface area contributed by atoms with Gasteiger partial charge in [-0.1, -0.05) is 30.3 Å². The summed E-state index contributed by atoms with van der Waals surface area (Å²) in [6.45, 7) is 3.11. The minimum atomic E-state index is -0.319. The maximum atomic E-state index is 13.6. The molecule has 0 radical (unpaired) electrons. The van der Waals surface area contributed by atoms with Gasteiger partial charge < -0.3 is 19.9 Å². The van der Waals surface area contributed by atoms with Crippen molar-refractivity contribution in [1.29, 1.82) is 0 Å². The summed E-state index contributed by atoms with van der Waals surface area (Å²) < 4.78 is 2.18. The molecule has 1 aliphatic carbocycles. The summed E-state index contributed by atoms with van der Waals surface area (Å²) in [5.74, 6) is 0.786. The molecule has 2 amide bonds. The fourth-order valence-corrected chi connectivity index (χ4v) is 5.63. The molecule has 2 atom stereocenters. The lowest BCUT2D eigenvalue weighted by Gasteiger charge is -2.32. The predicted molar refractivity (Wildman–Crippen MR) is 145 cm³/mol. The van der Waals surface area contributed by atoms with Crippen molar-refractivity contribution in [2.75, 3.05) is 32.0 Å². The van der Waals surface area contributed by atoms with Gasteiger partial charge in [0.1, 0.15) is 0 Å². The van der Waals surface area contributed by atoms with Crippen LogP contribution in [-0.2, 0) is 29.0 Å². The Morgan fingerprint density at radius 1 is 1.21 bits per heavy atom. The van der Waals surface area contributed by atoms with Gasteiger partial charge >= 0.3 is 0 Å². The summed E-state index contributed by atoms with van der Waals surface area (Å²) in [4.78, 5) is 34.0. The molecule has 38 heavy (non-hydrogen) atoms. The van der Waals surface area contributed by atoms with Crippen molar-refractivity contribution < 1.29 is 14.7 Å². The number of nitrogens with zero attached hydrogens (tertiary/aromatic N) is 4. The second kappa shape index (κ2) is 10.3. The smallest absolute Gasteiger partial charge is 0.228 e. The quantitative estimate of drug-likeness (QED) is 0.458. The Kier molecular flexibility index (Phi) is 6.76. The normalized spacial score (nSPS) is 19.8. The average molecular weight is 514 g/mol. The lowest BCUT2D eigenvalue weighted by Crippen LogP contribution is -2.39. The number of carbonyl (C=O) groups is 2. The van der Waals surface area contributed by atoms with E-state index >= 15 is 0 Å². The second-order valence-electron chi connectivity index (χ2n) is 11.1. The minimum absolute atomic E-state index is 0.00860. The first-order valence-corrected chi connectivity index (χ1v) is 13.6. The standard InChI is InChI=1S/C30H35N5O3/c1-33(30(38)12-21-7-8-23-14-29(37)32-26(23)11-21)28(18-34-10-9-25(36)16-34)24-4-2-3-22(13-24)27-17-35(19-31-27)15-20-5-6-20/h2-4,7-8,11,13,17,19-20,25,28,36H,5-6,9-10,12,14-16,18H2,1H3,(H,32,37)/t25-,28+/m0/s1. The lowest BCUT2D eigenvalue weighted by atomic mass is 10.00. The summed E-state index contributed by atoms with van der Waals surface area (Å²) in [6.07, 6.45) is 7.71. The number of anilines is 1. The number of rotatable bonds is 9. The first-order chi connectivity index (χ1) is 18.4. The van der Waals surface area contributed by atoms with Crippen LogP contribution < -0.4 is 5.32 Å². The van der Waals surface area contributed by atoms with Gasteiger partial charge in [0.2, 0.25) is 11.8 Å². The van der Waals surface area contributed by atoms with Crippen molar-refractivity contribution in [1.82, 2.24) is 19.4 Å². The number of aliphatic hydroxyl groups excluding tert-OH is 1. The van der Waals surface area contributed by atoms with Gasteiger partial charge in [0.15, 0.2) is 0 Å². The number of fused-ring (bicyclic) bond motifs is 1. The van der Waals surface area contributed by atoms with Gasteiger partial charge in [-0.3, -0.25) is 14.5 Å². The maximum Gasteiger partial charge on any atom is 0.228 e. The number of β-amino-alcohol motifs (C(OH)–C–C–N with tert-alkyl or cyclic N) is 1. The van der Waals surface area contributed by atoms with Crippen molar-refractivity contribution in [3.05, 3.63) is 71.7 Å². The number of aliphatic hydroxyl groups is 1. The SMILES string of the molecule is CN(C(=O)Cc1ccc2c(c1)NC(=O)C2)[C@H](CN1CC[C@H](O)C1)c1cccc(-c2cn(CC3CC3)cn2)c1. The van der Waals surface area contributed by atoms with Crippen molar-refractivity contribution in [2.45, 2.75) is 50.8 Å². The number of aromatic nitrogens is 2. The Morgan fingerprint density at radius 2 is 2.08 bits per heavy atom. The van der Waals surface area contributed by atoms with E-state index in [1.54, 1.807) is 0 Å². The molecule has 8 nitrogen and oxygen atoms in total. The van der Waals surface area contributed by atoms with E-state index in [1.165, 1.54) is 12.8 Å². The first kappa shape index (κ1) is 24.8. The van der Waals surface area contributed by atoms with Crippen LogP contribution in [0, 0.1) is 5.92 Å². The summed E-state index contributed by atoms with van der Waals surface area (Å²) in [6, 6.07) is 14.0. The fourth-order valence-electron chi connectivity index (χ4n) is 5.63. The Morgan fingerprint density at radius 3 is 2.87 bits per heavy atom. The molecular formula is C30H35N5O3. The summed E-state index contributed by atoms with van der Waals surface area (Å²) in [7, 11) is 1.87. The highest BCUT2D eigenvalue weighted by atomic mass is 16.3. The van der Waals surface area contributed by atoms with Crippen molar-refractivity contribution >= 4 is 17.5 Å². The second-order valence-corrected chi connectivity index (χ2v) is 11.1.